The van der Waals surface area contributed by atoms with Gasteiger partial charge in [0.2, 0.25) is 5.91 Å². The molecule has 1 amide bonds. The molecular formula is C16H15ClN2O2. The van der Waals surface area contributed by atoms with E-state index in [1.807, 2.05) is 30.3 Å². The summed E-state index contributed by atoms with van der Waals surface area (Å²) in [4.78, 5) is 13.8. The van der Waals surface area contributed by atoms with E-state index in [-0.39, 0.29) is 5.91 Å². The van der Waals surface area contributed by atoms with Crippen molar-refractivity contribution < 1.29 is 9.53 Å². The monoisotopic (exact) mass is 302 g/mol. The maximum Gasteiger partial charge on any atom is 0.231 e. The Morgan fingerprint density at radius 3 is 2.71 bits per heavy atom. The number of benzene rings is 2. The minimum Gasteiger partial charge on any atom is -0.492 e. The highest BCUT2D eigenvalue weighted by Crippen LogP contribution is 2.31. The lowest BCUT2D eigenvalue weighted by Crippen LogP contribution is -2.31. The van der Waals surface area contributed by atoms with Crippen molar-refractivity contribution in [2.75, 3.05) is 23.8 Å². The average Bonchev–Trinajstić information content (AvgIpc) is 2.77. The van der Waals surface area contributed by atoms with Crippen molar-refractivity contribution in [3.05, 3.63) is 53.1 Å². The molecule has 0 unspecified atom stereocenters. The Hall–Kier alpha value is -2.20. The number of carbonyl (C=O) groups excluding carboxylic acids is 1. The number of carbonyl (C=O) groups is 1. The van der Waals surface area contributed by atoms with Crippen LogP contribution in [0.3, 0.4) is 0 Å². The Labute approximate surface area is 128 Å². The van der Waals surface area contributed by atoms with Gasteiger partial charge >= 0.3 is 0 Å². The molecule has 0 bridgehead atoms. The van der Waals surface area contributed by atoms with Gasteiger partial charge in [0.25, 0.3) is 0 Å². The zero-order valence-electron chi connectivity index (χ0n) is 11.4. The van der Waals surface area contributed by atoms with Crippen LogP contribution in [0.15, 0.2) is 42.5 Å². The number of halogens is 1. The molecule has 4 nitrogen and oxygen atoms in total. The number of nitrogens with two attached hydrogens (primary N) is 1. The zero-order valence-corrected chi connectivity index (χ0v) is 12.1. The summed E-state index contributed by atoms with van der Waals surface area (Å²) < 4.78 is 5.63. The van der Waals surface area contributed by atoms with Gasteiger partial charge in [-0.3, -0.25) is 4.79 Å². The molecule has 2 N–H and O–H groups in total. The Balaban J connectivity index is 1.65. The fraction of sp³-hybridized carbons (Fsp3) is 0.188. The van der Waals surface area contributed by atoms with Crippen LogP contribution >= 0.6 is 11.6 Å². The van der Waals surface area contributed by atoms with Crippen molar-refractivity contribution in [3.63, 3.8) is 0 Å². The number of rotatable bonds is 4. The Kier molecular flexibility index (Phi) is 3.71. The molecule has 1 aliphatic heterocycles. The molecule has 0 saturated heterocycles. The van der Waals surface area contributed by atoms with Gasteiger partial charge in [-0.15, -0.1) is 0 Å². The van der Waals surface area contributed by atoms with Crippen LogP contribution in [0.25, 0.3) is 0 Å². The normalized spacial score (nSPS) is 13.4. The van der Waals surface area contributed by atoms with Gasteiger partial charge in [0.1, 0.15) is 12.4 Å². The highest BCUT2D eigenvalue weighted by atomic mass is 35.5. The summed E-state index contributed by atoms with van der Waals surface area (Å²) >= 11 is 6.00. The highest BCUT2D eigenvalue weighted by Gasteiger charge is 2.26. The predicted molar refractivity (Wildman–Crippen MR) is 83.9 cm³/mol. The van der Waals surface area contributed by atoms with E-state index >= 15 is 0 Å². The van der Waals surface area contributed by atoms with Crippen LogP contribution in [0, 0.1) is 0 Å². The first-order valence-electron chi connectivity index (χ1n) is 6.70. The standard InChI is InChI=1S/C16H15ClN2O2/c17-12-2-1-11-9-16(20)19(15(11)10-12)7-8-21-14-5-3-13(18)4-6-14/h1-6,10H,7-9,18H2. The molecule has 5 heteroatoms. The molecule has 0 fully saturated rings. The van der Waals surface area contributed by atoms with E-state index in [2.05, 4.69) is 0 Å². The smallest absolute Gasteiger partial charge is 0.231 e. The molecule has 2 aromatic rings. The van der Waals surface area contributed by atoms with Gasteiger partial charge in [-0.2, -0.15) is 0 Å². The van der Waals surface area contributed by atoms with E-state index in [4.69, 9.17) is 22.1 Å². The first-order valence-corrected chi connectivity index (χ1v) is 7.08. The molecule has 3 rings (SSSR count). The molecule has 0 aliphatic carbocycles. The fourth-order valence-electron chi connectivity index (χ4n) is 2.39. The van der Waals surface area contributed by atoms with Gasteiger partial charge in [0.05, 0.1) is 13.0 Å². The number of hydrogen-bond acceptors (Lipinski definition) is 3. The van der Waals surface area contributed by atoms with Crippen LogP contribution < -0.4 is 15.4 Å². The second-order valence-electron chi connectivity index (χ2n) is 4.91. The van der Waals surface area contributed by atoms with E-state index in [0.29, 0.717) is 30.3 Å². The summed E-state index contributed by atoms with van der Waals surface area (Å²) in [6.07, 6.45) is 0.425. The Morgan fingerprint density at radius 2 is 1.95 bits per heavy atom. The highest BCUT2D eigenvalue weighted by molar-refractivity contribution is 6.31. The van der Waals surface area contributed by atoms with Crippen molar-refractivity contribution in [1.82, 2.24) is 0 Å². The van der Waals surface area contributed by atoms with Crippen molar-refractivity contribution in [1.29, 1.82) is 0 Å². The molecule has 0 atom stereocenters. The first-order chi connectivity index (χ1) is 10.1. The number of nitrogen functional groups attached to an aromatic ring is 1. The van der Waals surface area contributed by atoms with Crippen LogP contribution in [0.4, 0.5) is 11.4 Å². The summed E-state index contributed by atoms with van der Waals surface area (Å²) in [5.74, 6) is 0.815. The van der Waals surface area contributed by atoms with Crippen molar-refractivity contribution in [2.45, 2.75) is 6.42 Å². The third-order valence-electron chi connectivity index (χ3n) is 3.44. The van der Waals surface area contributed by atoms with Crippen LogP contribution in [-0.4, -0.2) is 19.1 Å². The topological polar surface area (TPSA) is 55.6 Å². The lowest BCUT2D eigenvalue weighted by atomic mass is 10.2. The van der Waals surface area contributed by atoms with Crippen LogP contribution in [0.2, 0.25) is 5.02 Å². The second kappa shape index (κ2) is 5.66. The third-order valence-corrected chi connectivity index (χ3v) is 3.68. The molecule has 0 saturated carbocycles. The summed E-state index contributed by atoms with van der Waals surface area (Å²) in [6, 6.07) is 12.7. The van der Waals surface area contributed by atoms with Gasteiger partial charge in [0.15, 0.2) is 0 Å². The number of ether oxygens (including phenoxy) is 1. The van der Waals surface area contributed by atoms with Gasteiger partial charge in [-0.25, -0.2) is 0 Å². The summed E-state index contributed by atoms with van der Waals surface area (Å²) in [5.41, 5.74) is 8.21. The molecule has 0 aromatic heterocycles. The van der Waals surface area contributed by atoms with E-state index in [0.717, 1.165) is 17.0 Å². The molecular weight excluding hydrogens is 288 g/mol. The predicted octanol–water partition coefficient (Wildman–Crippen LogP) is 2.89. The average molecular weight is 303 g/mol. The van der Waals surface area contributed by atoms with Gasteiger partial charge in [0, 0.05) is 16.4 Å². The Bertz CT molecular complexity index is 670. The molecule has 2 aromatic carbocycles. The number of nitrogens with zero attached hydrogens (tertiary/aromatic N) is 1. The minimum absolute atomic E-state index is 0.0770. The summed E-state index contributed by atoms with van der Waals surface area (Å²) in [7, 11) is 0. The molecule has 0 spiro atoms. The zero-order chi connectivity index (χ0) is 14.8. The van der Waals surface area contributed by atoms with Gasteiger partial charge in [-0.05, 0) is 42.0 Å². The number of hydrogen-bond donors (Lipinski definition) is 1. The SMILES string of the molecule is Nc1ccc(OCCN2C(=O)Cc3ccc(Cl)cc32)cc1. The largest absolute Gasteiger partial charge is 0.492 e. The fourth-order valence-corrected chi connectivity index (χ4v) is 2.56. The number of amides is 1. The van der Waals surface area contributed by atoms with E-state index in [1.54, 1.807) is 17.0 Å². The van der Waals surface area contributed by atoms with E-state index < -0.39 is 0 Å². The van der Waals surface area contributed by atoms with Crippen molar-refractivity contribution in [2.24, 2.45) is 0 Å². The molecule has 1 aliphatic rings. The molecule has 1 heterocycles. The second-order valence-corrected chi connectivity index (χ2v) is 5.35. The maximum absolute atomic E-state index is 12.0. The van der Waals surface area contributed by atoms with Gasteiger partial charge < -0.3 is 15.4 Å². The quantitative estimate of drug-likeness (QED) is 0.884. The maximum atomic E-state index is 12.0. The molecule has 21 heavy (non-hydrogen) atoms. The van der Waals surface area contributed by atoms with E-state index in [9.17, 15) is 4.79 Å². The van der Waals surface area contributed by atoms with Crippen molar-refractivity contribution >= 4 is 28.9 Å². The van der Waals surface area contributed by atoms with Gasteiger partial charge in [-0.1, -0.05) is 17.7 Å². The van der Waals surface area contributed by atoms with E-state index in [1.165, 1.54) is 0 Å². The van der Waals surface area contributed by atoms with Crippen LogP contribution in [0.5, 0.6) is 5.75 Å². The molecule has 108 valence electrons. The van der Waals surface area contributed by atoms with Crippen LogP contribution in [-0.2, 0) is 11.2 Å². The minimum atomic E-state index is 0.0770. The lowest BCUT2D eigenvalue weighted by molar-refractivity contribution is -0.117. The third kappa shape index (κ3) is 2.95. The summed E-state index contributed by atoms with van der Waals surface area (Å²) in [5, 5.41) is 0.632. The summed E-state index contributed by atoms with van der Waals surface area (Å²) in [6.45, 7) is 0.915. The lowest BCUT2D eigenvalue weighted by Gasteiger charge is -2.18. The molecule has 0 radical (unpaired) electrons. The van der Waals surface area contributed by atoms with Crippen molar-refractivity contribution in [3.8, 4) is 5.75 Å². The Morgan fingerprint density at radius 1 is 1.19 bits per heavy atom. The first kappa shape index (κ1) is 13.8. The van der Waals surface area contributed by atoms with Crippen LogP contribution in [0.1, 0.15) is 5.56 Å². The number of fused-ring (bicyclic) bond motifs is 1. The number of anilines is 2.